The van der Waals surface area contributed by atoms with Gasteiger partial charge in [0.2, 0.25) is 5.91 Å². The molecule has 0 radical (unpaired) electrons. The molecule has 3 N–H and O–H groups in total. The molecule has 0 saturated carbocycles. The molecule has 0 saturated heterocycles. The van der Waals surface area contributed by atoms with E-state index >= 15 is 0 Å². The first-order chi connectivity index (χ1) is 27.0. The Morgan fingerprint density at radius 2 is 0.909 bits per heavy atom. The van der Waals surface area contributed by atoms with Gasteiger partial charge in [0.1, 0.15) is 6.10 Å². The van der Waals surface area contributed by atoms with Gasteiger partial charge in [-0.2, -0.15) is 0 Å². The molecule has 0 aliphatic rings. The summed E-state index contributed by atoms with van der Waals surface area (Å²) in [6, 6.07) is -0.702. The third kappa shape index (κ3) is 39.0. The molecule has 6 heteroatoms. The van der Waals surface area contributed by atoms with Crippen LogP contribution in [0.4, 0.5) is 0 Å². The lowest BCUT2D eigenvalue weighted by Crippen LogP contribution is -2.46. The number of carbonyl (C=O) groups excluding carboxylic acids is 2. The van der Waals surface area contributed by atoms with Crippen LogP contribution in [-0.2, 0) is 14.3 Å². The highest BCUT2D eigenvalue weighted by atomic mass is 16.5. The number of unbranched alkanes of at least 4 members (excludes halogenated alkanes) is 28. The summed E-state index contributed by atoms with van der Waals surface area (Å²) in [7, 11) is 0. The lowest BCUT2D eigenvalue weighted by atomic mass is 10.0. The number of hydrogen-bond acceptors (Lipinski definition) is 5. The highest BCUT2D eigenvalue weighted by molar-refractivity contribution is 5.77. The van der Waals surface area contributed by atoms with Crippen molar-refractivity contribution in [2.45, 2.75) is 270 Å². The van der Waals surface area contributed by atoms with E-state index in [9.17, 15) is 19.8 Å². The molecule has 6 nitrogen and oxygen atoms in total. The van der Waals surface area contributed by atoms with Gasteiger partial charge >= 0.3 is 5.97 Å². The van der Waals surface area contributed by atoms with Gasteiger partial charge < -0.3 is 20.3 Å². The van der Waals surface area contributed by atoms with E-state index in [-0.39, 0.29) is 24.9 Å². The Morgan fingerprint density at radius 1 is 0.527 bits per heavy atom. The Balaban J connectivity index is 4.61. The number of hydrogen-bond donors (Lipinski definition) is 3. The molecule has 3 atom stereocenters. The average molecular weight is 776 g/mol. The van der Waals surface area contributed by atoms with Gasteiger partial charge in [0.05, 0.1) is 25.2 Å². The van der Waals surface area contributed by atoms with Crippen LogP contribution in [0.3, 0.4) is 0 Å². The molecular weight excluding hydrogens is 683 g/mol. The van der Waals surface area contributed by atoms with E-state index in [1.165, 1.54) is 128 Å². The van der Waals surface area contributed by atoms with Crippen LogP contribution in [0.15, 0.2) is 24.3 Å². The van der Waals surface area contributed by atoms with Gasteiger partial charge in [-0.15, -0.1) is 0 Å². The standard InChI is InChI=1S/C49H93NO5/c1-4-7-10-13-16-19-22-24-26-28-31-34-37-40-45(55-49(54)42-39-36-33-30-27-23-20-17-14-11-8-5-2)43-48(53)50-46(44-51)47(52)41-38-35-32-29-25-21-18-15-12-9-6-3/h16,19,22,24,45-47,51-52H,4-15,17-18,20-21,23,25-44H2,1-3H3,(H,50,53)/b19-16+,24-22+. The Kier molecular flexibility index (Phi) is 42.2. The van der Waals surface area contributed by atoms with Gasteiger partial charge in [0.25, 0.3) is 0 Å². The topological polar surface area (TPSA) is 95.9 Å². The number of rotatable bonds is 43. The van der Waals surface area contributed by atoms with Crippen LogP contribution in [0.5, 0.6) is 0 Å². The molecule has 0 aromatic rings. The van der Waals surface area contributed by atoms with Crippen LogP contribution in [0.2, 0.25) is 0 Å². The van der Waals surface area contributed by atoms with Crippen molar-refractivity contribution in [2.24, 2.45) is 0 Å². The molecule has 0 spiro atoms. The third-order valence-electron chi connectivity index (χ3n) is 11.1. The normalized spacial score (nSPS) is 13.5. The zero-order chi connectivity index (χ0) is 40.3. The Morgan fingerprint density at radius 3 is 1.38 bits per heavy atom. The van der Waals surface area contributed by atoms with Gasteiger partial charge in [0.15, 0.2) is 0 Å². The predicted molar refractivity (Wildman–Crippen MR) is 236 cm³/mol. The Bertz CT molecular complexity index is 873. The summed E-state index contributed by atoms with van der Waals surface area (Å²) in [5, 5.41) is 23.7. The number of nitrogens with one attached hydrogen (secondary N) is 1. The van der Waals surface area contributed by atoms with E-state index in [1.807, 2.05) is 0 Å². The van der Waals surface area contributed by atoms with Crippen molar-refractivity contribution in [3.05, 3.63) is 24.3 Å². The van der Waals surface area contributed by atoms with Crippen LogP contribution in [0.1, 0.15) is 252 Å². The van der Waals surface area contributed by atoms with E-state index in [2.05, 4.69) is 50.4 Å². The van der Waals surface area contributed by atoms with Gasteiger partial charge in [-0.3, -0.25) is 9.59 Å². The Labute approximate surface area is 341 Å². The lowest BCUT2D eigenvalue weighted by Gasteiger charge is -2.24. The summed E-state index contributed by atoms with van der Waals surface area (Å²) in [5.74, 6) is -0.485. The number of esters is 1. The molecule has 0 bridgehead atoms. The molecule has 0 aliphatic heterocycles. The minimum Gasteiger partial charge on any atom is -0.462 e. The monoisotopic (exact) mass is 776 g/mol. The Hall–Kier alpha value is -1.66. The maximum Gasteiger partial charge on any atom is 0.306 e. The lowest BCUT2D eigenvalue weighted by molar-refractivity contribution is -0.151. The van der Waals surface area contributed by atoms with Crippen molar-refractivity contribution < 1.29 is 24.5 Å². The second-order valence-corrected chi connectivity index (χ2v) is 16.5. The van der Waals surface area contributed by atoms with Crippen LogP contribution < -0.4 is 5.32 Å². The maximum absolute atomic E-state index is 13.1. The molecule has 0 aromatic heterocycles. The average Bonchev–Trinajstić information content (AvgIpc) is 3.18. The first kappa shape index (κ1) is 53.3. The first-order valence-electron chi connectivity index (χ1n) is 24.1. The quantitative estimate of drug-likeness (QED) is 0.0326. The first-order valence-corrected chi connectivity index (χ1v) is 24.1. The van der Waals surface area contributed by atoms with Gasteiger partial charge in [-0.1, -0.05) is 212 Å². The van der Waals surface area contributed by atoms with Crippen molar-refractivity contribution in [3.63, 3.8) is 0 Å². The summed E-state index contributed by atoms with van der Waals surface area (Å²) >= 11 is 0. The molecule has 0 fully saturated rings. The van der Waals surface area contributed by atoms with Crippen LogP contribution >= 0.6 is 0 Å². The van der Waals surface area contributed by atoms with E-state index in [0.29, 0.717) is 19.3 Å². The van der Waals surface area contributed by atoms with Crippen molar-refractivity contribution >= 4 is 11.9 Å². The second kappa shape index (κ2) is 43.5. The molecule has 0 heterocycles. The zero-order valence-electron chi connectivity index (χ0n) is 36.8. The number of amides is 1. The van der Waals surface area contributed by atoms with Crippen LogP contribution in [0, 0.1) is 0 Å². The fourth-order valence-electron chi connectivity index (χ4n) is 7.36. The predicted octanol–water partition coefficient (Wildman–Crippen LogP) is 14.0. The van der Waals surface area contributed by atoms with Crippen molar-refractivity contribution in [3.8, 4) is 0 Å². The SMILES string of the molecule is CCCCC/C=C/C=C/CCCCCCC(CC(=O)NC(CO)C(O)CCCCCCCCCCCCC)OC(=O)CCCCCCCCCCCCCC. The summed E-state index contributed by atoms with van der Waals surface area (Å²) in [6.07, 6.45) is 48.0. The minimum atomic E-state index is -0.787. The summed E-state index contributed by atoms with van der Waals surface area (Å²) in [6.45, 7) is 6.44. The minimum absolute atomic E-state index is 0.0686. The van der Waals surface area contributed by atoms with Crippen LogP contribution in [-0.4, -0.2) is 46.9 Å². The fraction of sp³-hybridized carbons (Fsp3) is 0.878. The van der Waals surface area contributed by atoms with Gasteiger partial charge in [0, 0.05) is 6.42 Å². The highest BCUT2D eigenvalue weighted by Crippen LogP contribution is 2.18. The number of aliphatic hydroxyl groups is 2. The number of ether oxygens (including phenoxy) is 1. The zero-order valence-corrected chi connectivity index (χ0v) is 36.8. The molecule has 0 aromatic carbocycles. The summed E-state index contributed by atoms with van der Waals surface area (Å²) < 4.78 is 5.90. The molecule has 0 aliphatic carbocycles. The van der Waals surface area contributed by atoms with Crippen molar-refractivity contribution in [1.82, 2.24) is 5.32 Å². The molecule has 324 valence electrons. The summed E-state index contributed by atoms with van der Waals surface area (Å²) in [4.78, 5) is 26.0. The van der Waals surface area contributed by atoms with Gasteiger partial charge in [-0.25, -0.2) is 0 Å². The number of allylic oxidation sites excluding steroid dienone is 4. The smallest absolute Gasteiger partial charge is 0.306 e. The molecule has 55 heavy (non-hydrogen) atoms. The highest BCUT2D eigenvalue weighted by Gasteiger charge is 2.24. The van der Waals surface area contributed by atoms with Gasteiger partial charge in [-0.05, 0) is 51.4 Å². The van der Waals surface area contributed by atoms with Crippen molar-refractivity contribution in [1.29, 1.82) is 0 Å². The molecule has 0 rings (SSSR count). The third-order valence-corrected chi connectivity index (χ3v) is 11.1. The molecular formula is C49H93NO5. The van der Waals surface area contributed by atoms with E-state index < -0.39 is 18.2 Å². The fourth-order valence-corrected chi connectivity index (χ4v) is 7.36. The van der Waals surface area contributed by atoms with E-state index in [1.54, 1.807) is 0 Å². The largest absolute Gasteiger partial charge is 0.462 e. The second-order valence-electron chi connectivity index (χ2n) is 16.5. The van der Waals surface area contributed by atoms with Crippen molar-refractivity contribution in [2.75, 3.05) is 6.61 Å². The van der Waals surface area contributed by atoms with Crippen LogP contribution in [0.25, 0.3) is 0 Å². The molecule has 3 unspecified atom stereocenters. The summed E-state index contributed by atoms with van der Waals surface area (Å²) in [5.41, 5.74) is 0. The number of aliphatic hydroxyl groups excluding tert-OH is 2. The van der Waals surface area contributed by atoms with E-state index in [4.69, 9.17) is 4.74 Å². The number of carbonyl (C=O) groups is 2. The van der Waals surface area contributed by atoms with E-state index in [0.717, 1.165) is 77.0 Å². The molecule has 1 amide bonds. The maximum atomic E-state index is 13.1.